The Hall–Kier alpha value is -2.59. The lowest BCUT2D eigenvalue weighted by Crippen LogP contribution is -2.40. The van der Waals surface area contributed by atoms with Crippen molar-refractivity contribution in [2.45, 2.75) is 26.3 Å². The molecule has 4 nitrogen and oxygen atoms in total. The van der Waals surface area contributed by atoms with Crippen LogP contribution in [0.2, 0.25) is 0 Å². The van der Waals surface area contributed by atoms with Gasteiger partial charge in [0.15, 0.2) is 0 Å². The Balaban J connectivity index is 1.57. The third-order valence-corrected chi connectivity index (χ3v) is 4.83. The maximum absolute atomic E-state index is 12.8. The number of carbonyl (C=O) groups is 1. The number of amides is 1. The molecule has 27 heavy (non-hydrogen) atoms. The highest BCUT2D eigenvalue weighted by atomic mass is 16.5. The number of aryl methyl sites for hydroxylation is 1. The molecule has 0 radical (unpaired) electrons. The third-order valence-electron chi connectivity index (χ3n) is 4.83. The summed E-state index contributed by atoms with van der Waals surface area (Å²) < 4.78 is 5.54. The van der Waals surface area contributed by atoms with Crippen LogP contribution in [0.4, 0.5) is 5.69 Å². The molecule has 0 aromatic heterocycles. The third kappa shape index (κ3) is 5.69. The second kappa shape index (κ2) is 9.38. The predicted octanol–water partition coefficient (Wildman–Crippen LogP) is 4.41. The van der Waals surface area contributed by atoms with Crippen molar-refractivity contribution in [1.82, 2.24) is 4.90 Å². The molecule has 0 saturated carbocycles. The van der Waals surface area contributed by atoms with Crippen LogP contribution in [0, 0.1) is 12.8 Å². The topological polar surface area (TPSA) is 41.6 Å². The summed E-state index contributed by atoms with van der Waals surface area (Å²) in [6, 6.07) is 16.1. The summed E-state index contributed by atoms with van der Waals surface area (Å²) in [5.74, 6) is 0.837. The number of benzene rings is 2. The number of likely N-dealkylation sites (tertiary alicyclic amines) is 1. The number of ether oxygens (including phenoxy) is 1. The molecule has 1 amide bonds. The van der Waals surface area contributed by atoms with E-state index in [2.05, 4.69) is 48.0 Å². The predicted molar refractivity (Wildman–Crippen MR) is 110 cm³/mol. The van der Waals surface area contributed by atoms with Gasteiger partial charge in [-0.05, 0) is 44.0 Å². The van der Waals surface area contributed by atoms with Crippen molar-refractivity contribution in [3.05, 3.63) is 72.3 Å². The summed E-state index contributed by atoms with van der Waals surface area (Å²) in [4.78, 5) is 15.1. The van der Waals surface area contributed by atoms with Crippen molar-refractivity contribution in [2.24, 2.45) is 5.92 Å². The minimum atomic E-state index is 0.0151. The van der Waals surface area contributed by atoms with Gasteiger partial charge in [0.1, 0.15) is 12.4 Å². The summed E-state index contributed by atoms with van der Waals surface area (Å²) in [5.41, 5.74) is 3.36. The smallest absolute Gasteiger partial charge is 0.228 e. The molecule has 142 valence electrons. The maximum atomic E-state index is 12.8. The number of anilines is 1. The Morgan fingerprint density at radius 3 is 2.96 bits per heavy atom. The Morgan fingerprint density at radius 2 is 2.15 bits per heavy atom. The van der Waals surface area contributed by atoms with Gasteiger partial charge < -0.3 is 10.1 Å². The SMILES string of the molecule is C=CCOc1cccc(NC(=O)C2CCCN(Cc3cccc(C)c3)C2)c1. The zero-order valence-corrected chi connectivity index (χ0v) is 16.0. The van der Waals surface area contributed by atoms with E-state index in [9.17, 15) is 4.79 Å². The van der Waals surface area contributed by atoms with Crippen LogP contribution >= 0.6 is 0 Å². The van der Waals surface area contributed by atoms with E-state index >= 15 is 0 Å². The van der Waals surface area contributed by atoms with Crippen molar-refractivity contribution in [3.8, 4) is 5.75 Å². The van der Waals surface area contributed by atoms with E-state index < -0.39 is 0 Å². The highest BCUT2D eigenvalue weighted by Gasteiger charge is 2.26. The van der Waals surface area contributed by atoms with E-state index in [1.165, 1.54) is 11.1 Å². The second-order valence-corrected chi connectivity index (χ2v) is 7.18. The largest absolute Gasteiger partial charge is 0.489 e. The van der Waals surface area contributed by atoms with Crippen molar-refractivity contribution < 1.29 is 9.53 Å². The number of rotatable bonds is 7. The standard InChI is InChI=1S/C23H28N2O2/c1-3-13-27-22-11-5-10-21(15-22)24-23(26)20-9-6-12-25(17-20)16-19-8-4-7-18(2)14-19/h3-5,7-8,10-11,14-15,20H,1,6,9,12-13,16-17H2,2H3,(H,24,26). The molecule has 2 aromatic rings. The quantitative estimate of drug-likeness (QED) is 0.740. The van der Waals surface area contributed by atoms with Crippen LogP contribution in [-0.4, -0.2) is 30.5 Å². The van der Waals surface area contributed by atoms with Crippen LogP contribution < -0.4 is 10.1 Å². The molecule has 1 fully saturated rings. The van der Waals surface area contributed by atoms with Crippen molar-refractivity contribution in [2.75, 3.05) is 25.0 Å². The van der Waals surface area contributed by atoms with E-state index in [1.807, 2.05) is 24.3 Å². The fourth-order valence-electron chi connectivity index (χ4n) is 3.54. The van der Waals surface area contributed by atoms with Gasteiger partial charge in [-0.3, -0.25) is 9.69 Å². The van der Waals surface area contributed by atoms with Gasteiger partial charge in [-0.1, -0.05) is 48.6 Å². The summed E-state index contributed by atoms with van der Waals surface area (Å²) in [6.07, 6.45) is 3.69. The summed E-state index contributed by atoms with van der Waals surface area (Å²) in [7, 11) is 0. The molecule has 1 unspecified atom stereocenters. The number of piperidine rings is 1. The van der Waals surface area contributed by atoms with E-state index in [1.54, 1.807) is 6.08 Å². The first-order valence-corrected chi connectivity index (χ1v) is 9.56. The molecule has 3 rings (SSSR count). The Bertz CT molecular complexity index is 787. The molecule has 1 aliphatic heterocycles. The molecule has 2 aromatic carbocycles. The molecule has 4 heteroatoms. The van der Waals surface area contributed by atoms with Gasteiger partial charge in [-0.25, -0.2) is 0 Å². The van der Waals surface area contributed by atoms with Crippen LogP contribution in [0.5, 0.6) is 5.75 Å². The van der Waals surface area contributed by atoms with Crippen LogP contribution in [0.3, 0.4) is 0 Å². The van der Waals surface area contributed by atoms with Gasteiger partial charge in [-0.15, -0.1) is 0 Å². The van der Waals surface area contributed by atoms with Gasteiger partial charge >= 0.3 is 0 Å². The molecule has 1 N–H and O–H groups in total. The lowest BCUT2D eigenvalue weighted by molar-refractivity contribution is -0.121. The van der Waals surface area contributed by atoms with Gasteiger partial charge in [0.2, 0.25) is 5.91 Å². The minimum Gasteiger partial charge on any atom is -0.489 e. The van der Waals surface area contributed by atoms with Gasteiger partial charge in [0.25, 0.3) is 0 Å². The number of hydrogen-bond donors (Lipinski definition) is 1. The Labute approximate surface area is 161 Å². The summed E-state index contributed by atoms with van der Waals surface area (Å²) in [5, 5.41) is 3.05. The van der Waals surface area contributed by atoms with Crippen molar-refractivity contribution >= 4 is 11.6 Å². The van der Waals surface area contributed by atoms with Crippen molar-refractivity contribution in [3.63, 3.8) is 0 Å². The average molecular weight is 364 g/mol. The first kappa shape index (κ1) is 19.2. The van der Waals surface area contributed by atoms with Crippen molar-refractivity contribution in [1.29, 1.82) is 0 Å². The Morgan fingerprint density at radius 1 is 1.30 bits per heavy atom. The number of hydrogen-bond acceptors (Lipinski definition) is 3. The number of nitrogens with one attached hydrogen (secondary N) is 1. The van der Waals surface area contributed by atoms with Gasteiger partial charge in [0, 0.05) is 24.8 Å². The van der Waals surface area contributed by atoms with Gasteiger partial charge in [-0.2, -0.15) is 0 Å². The fourth-order valence-corrected chi connectivity index (χ4v) is 3.54. The van der Waals surface area contributed by atoms with E-state index in [-0.39, 0.29) is 11.8 Å². The van der Waals surface area contributed by atoms with E-state index in [0.717, 1.165) is 43.9 Å². The normalized spacial score (nSPS) is 17.3. The molecular formula is C23H28N2O2. The average Bonchev–Trinajstić information content (AvgIpc) is 2.67. The number of nitrogens with zero attached hydrogens (tertiary/aromatic N) is 1. The van der Waals surface area contributed by atoms with E-state index in [0.29, 0.717) is 6.61 Å². The Kier molecular flexibility index (Phi) is 6.66. The monoisotopic (exact) mass is 364 g/mol. The lowest BCUT2D eigenvalue weighted by Gasteiger charge is -2.32. The lowest BCUT2D eigenvalue weighted by atomic mass is 9.96. The number of carbonyl (C=O) groups excluding carboxylic acids is 1. The molecule has 0 aliphatic carbocycles. The molecule has 0 bridgehead atoms. The zero-order chi connectivity index (χ0) is 19.1. The van der Waals surface area contributed by atoms with Crippen LogP contribution in [0.15, 0.2) is 61.2 Å². The molecular weight excluding hydrogens is 336 g/mol. The maximum Gasteiger partial charge on any atom is 0.228 e. The molecule has 0 spiro atoms. The van der Waals surface area contributed by atoms with E-state index in [4.69, 9.17) is 4.74 Å². The molecule has 1 aliphatic rings. The van der Waals surface area contributed by atoms with Gasteiger partial charge in [0.05, 0.1) is 5.92 Å². The van der Waals surface area contributed by atoms with Crippen LogP contribution in [0.1, 0.15) is 24.0 Å². The first-order valence-electron chi connectivity index (χ1n) is 9.56. The molecule has 1 atom stereocenters. The summed E-state index contributed by atoms with van der Waals surface area (Å²) in [6.45, 7) is 8.96. The molecule has 1 saturated heterocycles. The minimum absolute atomic E-state index is 0.0151. The fraction of sp³-hybridized carbons (Fsp3) is 0.348. The highest BCUT2D eigenvalue weighted by molar-refractivity contribution is 5.92. The van der Waals surface area contributed by atoms with Crippen LogP contribution in [-0.2, 0) is 11.3 Å². The molecule has 1 heterocycles. The van der Waals surface area contributed by atoms with Crippen LogP contribution in [0.25, 0.3) is 0 Å². The zero-order valence-electron chi connectivity index (χ0n) is 16.0. The summed E-state index contributed by atoms with van der Waals surface area (Å²) >= 11 is 0. The first-order chi connectivity index (χ1) is 13.1. The highest BCUT2D eigenvalue weighted by Crippen LogP contribution is 2.22. The second-order valence-electron chi connectivity index (χ2n) is 7.18.